The van der Waals surface area contributed by atoms with Crippen molar-refractivity contribution in [1.82, 2.24) is 5.32 Å². The second kappa shape index (κ2) is 8.06. The molecule has 1 atom stereocenters. The van der Waals surface area contributed by atoms with Crippen molar-refractivity contribution in [3.63, 3.8) is 0 Å². The van der Waals surface area contributed by atoms with Gasteiger partial charge in [-0.05, 0) is 43.1 Å². The molecule has 0 heterocycles. The molecular weight excluding hydrogens is 282 g/mol. The van der Waals surface area contributed by atoms with Crippen LogP contribution in [0.1, 0.15) is 30.5 Å². The van der Waals surface area contributed by atoms with Gasteiger partial charge in [-0.2, -0.15) is 0 Å². The van der Waals surface area contributed by atoms with Crippen molar-refractivity contribution < 1.29 is 4.74 Å². The van der Waals surface area contributed by atoms with Crippen molar-refractivity contribution in [3.05, 3.63) is 64.7 Å². The lowest BCUT2D eigenvalue weighted by Gasteiger charge is -2.20. The topological polar surface area (TPSA) is 21.3 Å². The lowest BCUT2D eigenvalue weighted by atomic mass is 10.1. The van der Waals surface area contributed by atoms with Crippen LogP contribution < -0.4 is 10.1 Å². The number of aryl methyl sites for hydroxylation is 1. The Balaban J connectivity index is 2.07. The highest BCUT2D eigenvalue weighted by Crippen LogP contribution is 2.24. The average molecular weight is 304 g/mol. The van der Waals surface area contributed by atoms with E-state index in [9.17, 15) is 0 Å². The minimum Gasteiger partial charge on any atom is -0.491 e. The van der Waals surface area contributed by atoms with E-state index in [1.165, 1.54) is 5.56 Å². The highest BCUT2D eigenvalue weighted by atomic mass is 35.5. The summed E-state index contributed by atoms with van der Waals surface area (Å²) >= 11 is 6.04. The van der Waals surface area contributed by atoms with Gasteiger partial charge in [-0.15, -0.1) is 0 Å². The van der Waals surface area contributed by atoms with Crippen LogP contribution >= 0.6 is 11.6 Å². The maximum Gasteiger partial charge on any atom is 0.123 e. The molecule has 2 rings (SSSR count). The first-order chi connectivity index (χ1) is 10.2. The summed E-state index contributed by atoms with van der Waals surface area (Å²) < 4.78 is 5.98. The molecule has 0 aliphatic rings. The van der Waals surface area contributed by atoms with E-state index in [0.717, 1.165) is 24.3 Å². The highest BCUT2D eigenvalue weighted by molar-refractivity contribution is 6.30. The number of benzene rings is 2. The summed E-state index contributed by atoms with van der Waals surface area (Å²) in [6.07, 6.45) is 1.10. The maximum atomic E-state index is 6.04. The van der Waals surface area contributed by atoms with E-state index in [-0.39, 0.29) is 6.04 Å². The minimum absolute atomic E-state index is 0.185. The molecular formula is C18H22ClNO. The molecule has 1 unspecified atom stereocenters. The number of hydrogen-bond donors (Lipinski definition) is 1. The molecule has 0 bridgehead atoms. The van der Waals surface area contributed by atoms with Crippen molar-refractivity contribution >= 4 is 11.6 Å². The molecule has 2 nitrogen and oxygen atoms in total. The molecule has 0 radical (unpaired) electrons. The highest BCUT2D eigenvalue weighted by Gasteiger charge is 2.12. The summed E-state index contributed by atoms with van der Waals surface area (Å²) in [5.74, 6) is 0.849. The Morgan fingerprint density at radius 2 is 1.90 bits per heavy atom. The summed E-state index contributed by atoms with van der Waals surface area (Å²) in [4.78, 5) is 0. The van der Waals surface area contributed by atoms with Crippen LogP contribution in [0.4, 0.5) is 0 Å². The van der Waals surface area contributed by atoms with E-state index in [4.69, 9.17) is 16.3 Å². The molecule has 112 valence electrons. The third-order valence-electron chi connectivity index (χ3n) is 3.40. The van der Waals surface area contributed by atoms with Gasteiger partial charge in [-0.25, -0.2) is 0 Å². The van der Waals surface area contributed by atoms with Crippen LogP contribution in [-0.2, 0) is 0 Å². The second-order valence-corrected chi connectivity index (χ2v) is 5.57. The fraction of sp³-hybridized carbons (Fsp3) is 0.333. The van der Waals surface area contributed by atoms with Gasteiger partial charge in [0.25, 0.3) is 0 Å². The van der Waals surface area contributed by atoms with Gasteiger partial charge in [0.2, 0.25) is 0 Å². The Labute approximate surface area is 132 Å². The van der Waals surface area contributed by atoms with Crippen LogP contribution in [0.25, 0.3) is 0 Å². The SMILES string of the molecule is CCCNC(COc1cc(Cl)ccc1C)c1ccccc1. The van der Waals surface area contributed by atoms with Gasteiger partial charge in [0.1, 0.15) is 12.4 Å². The summed E-state index contributed by atoms with van der Waals surface area (Å²) in [6, 6.07) is 16.3. The van der Waals surface area contributed by atoms with Gasteiger partial charge in [0, 0.05) is 5.02 Å². The van der Waals surface area contributed by atoms with Crippen LogP contribution in [-0.4, -0.2) is 13.2 Å². The average Bonchev–Trinajstić information content (AvgIpc) is 2.51. The van der Waals surface area contributed by atoms with Crippen molar-refractivity contribution in [2.24, 2.45) is 0 Å². The summed E-state index contributed by atoms with van der Waals surface area (Å²) in [7, 11) is 0. The molecule has 0 spiro atoms. The predicted molar refractivity (Wildman–Crippen MR) is 89.2 cm³/mol. The molecule has 0 aliphatic carbocycles. The molecule has 2 aromatic rings. The van der Waals surface area contributed by atoms with Gasteiger partial charge in [-0.1, -0.05) is 54.9 Å². The first kappa shape index (κ1) is 15.9. The fourth-order valence-corrected chi connectivity index (χ4v) is 2.34. The smallest absolute Gasteiger partial charge is 0.123 e. The summed E-state index contributed by atoms with van der Waals surface area (Å²) in [5.41, 5.74) is 2.34. The number of rotatable bonds is 7. The zero-order valence-electron chi connectivity index (χ0n) is 12.6. The molecule has 0 aromatic heterocycles. The van der Waals surface area contributed by atoms with Gasteiger partial charge in [0.15, 0.2) is 0 Å². The van der Waals surface area contributed by atoms with Gasteiger partial charge >= 0.3 is 0 Å². The monoisotopic (exact) mass is 303 g/mol. The fourth-order valence-electron chi connectivity index (χ4n) is 2.18. The number of nitrogens with one attached hydrogen (secondary N) is 1. The Kier molecular flexibility index (Phi) is 6.09. The molecule has 0 amide bonds. The van der Waals surface area contributed by atoms with Crippen molar-refractivity contribution in [1.29, 1.82) is 0 Å². The van der Waals surface area contributed by atoms with Gasteiger partial charge < -0.3 is 10.1 Å². The first-order valence-electron chi connectivity index (χ1n) is 7.38. The molecule has 0 saturated carbocycles. The molecule has 1 N–H and O–H groups in total. The zero-order chi connectivity index (χ0) is 15.1. The van der Waals surface area contributed by atoms with Crippen LogP contribution in [0.3, 0.4) is 0 Å². The van der Waals surface area contributed by atoms with Gasteiger partial charge in [0.05, 0.1) is 6.04 Å². The molecule has 0 aliphatic heterocycles. The van der Waals surface area contributed by atoms with Crippen LogP contribution in [0.15, 0.2) is 48.5 Å². The van der Waals surface area contributed by atoms with Crippen molar-refractivity contribution in [3.8, 4) is 5.75 Å². The Morgan fingerprint density at radius 1 is 1.14 bits per heavy atom. The number of ether oxygens (including phenoxy) is 1. The van der Waals surface area contributed by atoms with Crippen LogP contribution in [0, 0.1) is 6.92 Å². The van der Waals surface area contributed by atoms with E-state index in [1.807, 2.05) is 31.2 Å². The van der Waals surface area contributed by atoms with Crippen LogP contribution in [0.5, 0.6) is 5.75 Å². The second-order valence-electron chi connectivity index (χ2n) is 5.14. The minimum atomic E-state index is 0.185. The third kappa shape index (κ3) is 4.76. The van der Waals surface area contributed by atoms with E-state index in [0.29, 0.717) is 11.6 Å². The molecule has 0 fully saturated rings. The lowest BCUT2D eigenvalue weighted by molar-refractivity contribution is 0.265. The van der Waals surface area contributed by atoms with E-state index >= 15 is 0 Å². The predicted octanol–water partition coefficient (Wildman–Crippen LogP) is 4.77. The molecule has 3 heteroatoms. The molecule has 0 saturated heterocycles. The number of hydrogen-bond acceptors (Lipinski definition) is 2. The van der Waals surface area contributed by atoms with Crippen LogP contribution in [0.2, 0.25) is 5.02 Å². The summed E-state index contributed by atoms with van der Waals surface area (Å²) in [5, 5.41) is 4.23. The van der Waals surface area contributed by atoms with Crippen molar-refractivity contribution in [2.45, 2.75) is 26.3 Å². The lowest BCUT2D eigenvalue weighted by Crippen LogP contribution is -2.27. The van der Waals surface area contributed by atoms with E-state index in [2.05, 4.69) is 36.5 Å². The quantitative estimate of drug-likeness (QED) is 0.795. The summed E-state index contributed by atoms with van der Waals surface area (Å²) in [6.45, 7) is 5.75. The third-order valence-corrected chi connectivity index (χ3v) is 3.63. The zero-order valence-corrected chi connectivity index (χ0v) is 13.4. The Bertz CT molecular complexity index is 556. The normalized spacial score (nSPS) is 12.1. The Morgan fingerprint density at radius 3 is 2.62 bits per heavy atom. The van der Waals surface area contributed by atoms with E-state index in [1.54, 1.807) is 0 Å². The van der Waals surface area contributed by atoms with E-state index < -0.39 is 0 Å². The number of halogens is 1. The van der Waals surface area contributed by atoms with Crippen molar-refractivity contribution in [2.75, 3.05) is 13.2 Å². The Hall–Kier alpha value is -1.51. The first-order valence-corrected chi connectivity index (χ1v) is 7.75. The maximum absolute atomic E-state index is 6.04. The molecule has 2 aromatic carbocycles. The molecule has 21 heavy (non-hydrogen) atoms. The van der Waals surface area contributed by atoms with Gasteiger partial charge in [-0.3, -0.25) is 0 Å². The standard InChI is InChI=1S/C18H22ClNO/c1-3-11-20-17(15-7-5-4-6-8-15)13-21-18-12-16(19)10-9-14(18)2/h4-10,12,17,20H,3,11,13H2,1-2H3. The largest absolute Gasteiger partial charge is 0.491 e.